The van der Waals surface area contributed by atoms with Crippen molar-refractivity contribution in [1.29, 1.82) is 0 Å². The highest BCUT2D eigenvalue weighted by Crippen LogP contribution is 2.28. The summed E-state index contributed by atoms with van der Waals surface area (Å²) in [4.78, 5) is 7.55. The van der Waals surface area contributed by atoms with Gasteiger partial charge in [0.05, 0.1) is 24.0 Å². The van der Waals surface area contributed by atoms with E-state index in [9.17, 15) is 39.9 Å². The van der Waals surface area contributed by atoms with Crippen LogP contribution in [0.5, 0.6) is 0 Å². The molecule has 0 bridgehead atoms. The molecule has 0 saturated carbocycles. The van der Waals surface area contributed by atoms with E-state index in [0.29, 0.717) is 10.4 Å². The Bertz CT molecular complexity index is 1320. The van der Waals surface area contributed by atoms with Gasteiger partial charge in [0.15, 0.2) is 11.6 Å². The fourth-order valence-electron chi connectivity index (χ4n) is 3.53. The predicted octanol–water partition coefficient (Wildman–Crippen LogP) is 2.41. The number of anilines is 1. The molecule has 1 saturated heterocycles. The fourth-order valence-corrected chi connectivity index (χ4v) is 4.47. The zero-order chi connectivity index (χ0) is 24.8. The zero-order valence-corrected chi connectivity index (χ0v) is 17.7. The van der Waals surface area contributed by atoms with E-state index >= 15 is 0 Å². The Morgan fingerprint density at radius 2 is 1.82 bits per heavy atom. The molecule has 1 aliphatic rings. The molecule has 9 nitrogen and oxygen atoms in total. The van der Waals surface area contributed by atoms with E-state index in [1.807, 2.05) is 0 Å². The molecule has 2 N–H and O–H groups in total. The quantitative estimate of drug-likeness (QED) is 0.490. The van der Waals surface area contributed by atoms with Crippen molar-refractivity contribution in [3.8, 4) is 11.4 Å². The number of aliphatic hydroxyl groups excluding tert-OH is 1. The number of hydrogen-bond donors (Lipinski definition) is 2. The lowest BCUT2D eigenvalue weighted by molar-refractivity contribution is 0.0904. The summed E-state index contributed by atoms with van der Waals surface area (Å²) in [6.07, 6.45) is -2.64. The molecule has 1 aliphatic heterocycles. The van der Waals surface area contributed by atoms with Crippen LogP contribution in [0.1, 0.15) is 18.4 Å². The summed E-state index contributed by atoms with van der Waals surface area (Å²) in [5.74, 6) is -5.77. The minimum atomic E-state index is -4.86. The van der Waals surface area contributed by atoms with Crippen molar-refractivity contribution >= 4 is 21.5 Å². The van der Waals surface area contributed by atoms with E-state index in [1.165, 1.54) is 0 Å². The molecule has 0 unspecified atom stereocenters. The monoisotopic (exact) mass is 510 g/mol. The van der Waals surface area contributed by atoms with Gasteiger partial charge in [-0.05, 0) is 12.5 Å². The Kier molecular flexibility index (Phi) is 6.39. The maximum absolute atomic E-state index is 14.4. The number of hydrogen-bond acceptors (Lipinski definition) is 7. The van der Waals surface area contributed by atoms with Crippen LogP contribution in [0.15, 0.2) is 24.5 Å². The molecule has 3 aromatic heterocycles. The van der Waals surface area contributed by atoms with Crippen molar-refractivity contribution in [3.05, 3.63) is 41.7 Å². The molecule has 184 valence electrons. The summed E-state index contributed by atoms with van der Waals surface area (Å²) in [5, 5.41) is 17.0. The molecule has 0 aromatic carbocycles. The molecule has 16 heteroatoms. The Balaban J connectivity index is 1.60. The molecule has 0 radical (unpaired) electrons. The first-order valence-corrected chi connectivity index (χ1v) is 11.2. The lowest BCUT2D eigenvalue weighted by atomic mass is 10.0. The van der Waals surface area contributed by atoms with Crippen molar-refractivity contribution in [2.75, 3.05) is 18.4 Å². The maximum Gasteiger partial charge on any atom is 0.350 e. The summed E-state index contributed by atoms with van der Waals surface area (Å²) in [6, 6.07) is 0.622. The number of rotatable bonds is 6. The minimum Gasteiger partial charge on any atom is -0.390 e. The molecule has 4 heterocycles. The van der Waals surface area contributed by atoms with Gasteiger partial charge in [-0.25, -0.2) is 35.5 Å². The number of sulfonamides is 1. The van der Waals surface area contributed by atoms with E-state index in [1.54, 1.807) is 0 Å². The van der Waals surface area contributed by atoms with Gasteiger partial charge in [-0.15, -0.1) is 5.10 Å². The number of nitrogens with zero attached hydrogens (tertiary/aromatic N) is 5. The number of aliphatic hydroxyl groups is 1. The number of β-amino-alcohol motifs (C(OH)–C–C–N with tert-alkyl or cyclic N) is 1. The number of pyridine rings is 1. The zero-order valence-electron chi connectivity index (χ0n) is 16.9. The van der Waals surface area contributed by atoms with Crippen LogP contribution in [0, 0.1) is 11.6 Å². The summed E-state index contributed by atoms with van der Waals surface area (Å²) in [6.45, 7) is -0.903. The number of aromatic nitrogens is 4. The first-order valence-electron chi connectivity index (χ1n) is 9.69. The smallest absolute Gasteiger partial charge is 0.350 e. The molecule has 2 atom stereocenters. The third-order valence-electron chi connectivity index (χ3n) is 5.27. The Morgan fingerprint density at radius 3 is 2.44 bits per heavy atom. The van der Waals surface area contributed by atoms with Crippen molar-refractivity contribution < 1.29 is 39.9 Å². The fraction of sp³-hybridized carbons (Fsp3) is 0.389. The molecule has 3 aromatic rings. The molecule has 0 spiro atoms. The molecular weight excluding hydrogens is 494 g/mol. The number of nitrogens with one attached hydrogen (secondary N) is 1. The van der Waals surface area contributed by atoms with Crippen molar-refractivity contribution in [2.24, 2.45) is 0 Å². The second-order valence-electron chi connectivity index (χ2n) is 7.43. The van der Waals surface area contributed by atoms with Gasteiger partial charge >= 0.3 is 5.76 Å². The lowest BCUT2D eigenvalue weighted by Gasteiger charge is -2.35. The highest BCUT2D eigenvalue weighted by molar-refractivity contribution is 7.89. The second-order valence-corrected chi connectivity index (χ2v) is 9.33. The minimum absolute atomic E-state index is 0.0767. The topological polar surface area (TPSA) is 113 Å². The Labute approximate surface area is 188 Å². The van der Waals surface area contributed by atoms with Crippen LogP contribution in [0.25, 0.3) is 16.9 Å². The first kappa shape index (κ1) is 24.2. The van der Waals surface area contributed by atoms with Crippen LogP contribution in [0.4, 0.5) is 32.3 Å². The van der Waals surface area contributed by atoms with E-state index < -0.39 is 63.8 Å². The third kappa shape index (κ3) is 4.39. The Hall–Kier alpha value is -2.98. The molecular formula is C18H16F6N6O3S. The molecule has 0 amide bonds. The summed E-state index contributed by atoms with van der Waals surface area (Å²) >= 11 is 0. The number of alkyl halides is 4. The Morgan fingerprint density at radius 1 is 1.09 bits per heavy atom. The summed E-state index contributed by atoms with van der Waals surface area (Å²) < 4.78 is 104. The normalized spacial score (nSPS) is 19.9. The van der Waals surface area contributed by atoms with Crippen LogP contribution in [-0.2, 0) is 10.0 Å². The second kappa shape index (κ2) is 8.99. The SMILES string of the molecule is O=S(=O)(C(F)F)N1CC[C@@H](Nc2ncc3c(F)cc(-c4ncc(C(F)F)cc4F)n3n2)[C@H](O)C1. The van der Waals surface area contributed by atoms with Gasteiger partial charge < -0.3 is 10.4 Å². The van der Waals surface area contributed by atoms with E-state index in [0.717, 1.165) is 23.0 Å². The first-order chi connectivity index (χ1) is 16.0. The van der Waals surface area contributed by atoms with Crippen LogP contribution >= 0.6 is 0 Å². The summed E-state index contributed by atoms with van der Waals surface area (Å²) in [5.41, 5.74) is -1.49. The van der Waals surface area contributed by atoms with Crippen LogP contribution < -0.4 is 5.32 Å². The number of piperidine rings is 1. The van der Waals surface area contributed by atoms with Crippen LogP contribution in [0.3, 0.4) is 0 Å². The largest absolute Gasteiger partial charge is 0.390 e. The van der Waals surface area contributed by atoms with Gasteiger partial charge in [0.2, 0.25) is 5.95 Å². The average molecular weight is 510 g/mol. The van der Waals surface area contributed by atoms with Gasteiger partial charge in [-0.2, -0.15) is 13.1 Å². The molecule has 4 rings (SSSR count). The van der Waals surface area contributed by atoms with Gasteiger partial charge in [0.25, 0.3) is 16.4 Å². The molecule has 1 fully saturated rings. The number of fused-ring (bicyclic) bond motifs is 1. The molecule has 34 heavy (non-hydrogen) atoms. The van der Waals surface area contributed by atoms with Gasteiger partial charge in [-0.1, -0.05) is 0 Å². The number of halogens is 6. The van der Waals surface area contributed by atoms with E-state index in [4.69, 9.17) is 0 Å². The predicted molar refractivity (Wildman–Crippen MR) is 106 cm³/mol. The maximum atomic E-state index is 14.4. The van der Waals surface area contributed by atoms with E-state index in [2.05, 4.69) is 20.4 Å². The van der Waals surface area contributed by atoms with Gasteiger partial charge in [0.1, 0.15) is 11.2 Å². The lowest BCUT2D eigenvalue weighted by Crippen LogP contribution is -2.52. The van der Waals surface area contributed by atoms with Crippen LogP contribution in [-0.4, -0.2) is 68.4 Å². The highest BCUT2D eigenvalue weighted by Gasteiger charge is 2.38. The van der Waals surface area contributed by atoms with Crippen molar-refractivity contribution in [2.45, 2.75) is 30.7 Å². The van der Waals surface area contributed by atoms with Crippen molar-refractivity contribution in [3.63, 3.8) is 0 Å². The van der Waals surface area contributed by atoms with Gasteiger partial charge in [0, 0.05) is 30.9 Å². The highest BCUT2D eigenvalue weighted by atomic mass is 32.2. The van der Waals surface area contributed by atoms with Gasteiger partial charge in [-0.3, -0.25) is 4.98 Å². The average Bonchev–Trinajstić information content (AvgIpc) is 3.10. The molecule has 0 aliphatic carbocycles. The van der Waals surface area contributed by atoms with Crippen molar-refractivity contribution in [1.82, 2.24) is 23.9 Å². The van der Waals surface area contributed by atoms with E-state index in [-0.39, 0.29) is 30.1 Å². The summed E-state index contributed by atoms with van der Waals surface area (Å²) in [7, 11) is -4.86. The van der Waals surface area contributed by atoms with Crippen LogP contribution in [0.2, 0.25) is 0 Å². The third-order valence-corrected chi connectivity index (χ3v) is 6.77. The standard InChI is InChI=1S/C18H16F6N6O3S/c19-9-4-12(15-10(20)3-8(5-25-15)16(21)22)30-13(9)6-26-18(28-30)27-11-1-2-29(7-14(11)31)34(32,33)17(23)24/h3-6,11,14,16-17,31H,1-2,7H2,(H,27,28)/t11-,14-/m1/s1.